The van der Waals surface area contributed by atoms with Gasteiger partial charge in [-0.25, -0.2) is 0 Å². The van der Waals surface area contributed by atoms with E-state index in [4.69, 9.17) is 28.9 Å². The third-order valence-corrected chi connectivity index (χ3v) is 3.63. The normalized spacial score (nSPS) is 12.4. The lowest BCUT2D eigenvalue weighted by molar-refractivity contribution is 0.819. The Morgan fingerprint density at radius 3 is 2.29 bits per heavy atom. The standard InChI is InChI=1S/C14H13Cl2N/c15-13-8-4-7-11(14(13)16)12(9-17)10-5-2-1-3-6-10/h1-8,12H,9,17H2. The minimum Gasteiger partial charge on any atom is -0.330 e. The van der Waals surface area contributed by atoms with Crippen LogP contribution in [0.2, 0.25) is 10.0 Å². The van der Waals surface area contributed by atoms with E-state index in [0.717, 1.165) is 11.1 Å². The third kappa shape index (κ3) is 2.63. The van der Waals surface area contributed by atoms with E-state index in [2.05, 4.69) is 12.1 Å². The molecule has 1 unspecified atom stereocenters. The van der Waals surface area contributed by atoms with E-state index < -0.39 is 0 Å². The van der Waals surface area contributed by atoms with E-state index in [0.29, 0.717) is 16.6 Å². The van der Waals surface area contributed by atoms with Crippen molar-refractivity contribution in [3.05, 3.63) is 69.7 Å². The van der Waals surface area contributed by atoms with Gasteiger partial charge >= 0.3 is 0 Å². The molecule has 0 saturated carbocycles. The van der Waals surface area contributed by atoms with Crippen LogP contribution in [0.25, 0.3) is 0 Å². The van der Waals surface area contributed by atoms with Gasteiger partial charge in [-0.1, -0.05) is 65.7 Å². The maximum absolute atomic E-state index is 6.23. The molecular formula is C14H13Cl2N. The van der Waals surface area contributed by atoms with Gasteiger partial charge in [-0.15, -0.1) is 0 Å². The van der Waals surface area contributed by atoms with Gasteiger partial charge in [0.25, 0.3) is 0 Å². The van der Waals surface area contributed by atoms with Gasteiger partial charge in [0.1, 0.15) is 0 Å². The van der Waals surface area contributed by atoms with Crippen molar-refractivity contribution in [3.63, 3.8) is 0 Å². The van der Waals surface area contributed by atoms with Gasteiger partial charge in [-0.05, 0) is 17.2 Å². The van der Waals surface area contributed by atoms with Crippen molar-refractivity contribution in [3.8, 4) is 0 Å². The number of halogens is 2. The number of nitrogens with two attached hydrogens (primary N) is 1. The predicted octanol–water partition coefficient (Wildman–Crippen LogP) is 4.08. The first kappa shape index (κ1) is 12.4. The smallest absolute Gasteiger partial charge is 0.0630 e. The molecule has 0 saturated heterocycles. The average Bonchev–Trinajstić information content (AvgIpc) is 2.37. The summed E-state index contributed by atoms with van der Waals surface area (Å²) in [7, 11) is 0. The van der Waals surface area contributed by atoms with Crippen LogP contribution in [0.3, 0.4) is 0 Å². The second-order valence-electron chi connectivity index (χ2n) is 3.84. The van der Waals surface area contributed by atoms with Crippen LogP contribution in [-0.4, -0.2) is 6.54 Å². The summed E-state index contributed by atoms with van der Waals surface area (Å²) >= 11 is 12.3. The van der Waals surface area contributed by atoms with Crippen LogP contribution >= 0.6 is 23.2 Å². The summed E-state index contributed by atoms with van der Waals surface area (Å²) in [5.74, 6) is 0.0856. The Kier molecular flexibility index (Phi) is 4.06. The molecule has 0 aromatic heterocycles. The van der Waals surface area contributed by atoms with Gasteiger partial charge < -0.3 is 5.73 Å². The molecule has 1 atom stereocenters. The molecule has 0 bridgehead atoms. The summed E-state index contributed by atoms with van der Waals surface area (Å²) in [6.45, 7) is 0.504. The summed E-state index contributed by atoms with van der Waals surface area (Å²) in [6, 6.07) is 15.7. The summed E-state index contributed by atoms with van der Waals surface area (Å²) in [5, 5.41) is 1.16. The average molecular weight is 266 g/mol. The maximum atomic E-state index is 6.23. The van der Waals surface area contributed by atoms with Crippen LogP contribution in [-0.2, 0) is 0 Å². The highest BCUT2D eigenvalue weighted by atomic mass is 35.5. The lowest BCUT2D eigenvalue weighted by Crippen LogP contribution is -2.14. The van der Waals surface area contributed by atoms with Gasteiger partial charge in [-0.2, -0.15) is 0 Å². The fourth-order valence-corrected chi connectivity index (χ4v) is 2.36. The van der Waals surface area contributed by atoms with Crippen molar-refractivity contribution < 1.29 is 0 Å². The largest absolute Gasteiger partial charge is 0.330 e. The maximum Gasteiger partial charge on any atom is 0.0630 e. The Labute approximate surface area is 111 Å². The van der Waals surface area contributed by atoms with Gasteiger partial charge in [-0.3, -0.25) is 0 Å². The van der Waals surface area contributed by atoms with Crippen molar-refractivity contribution in [2.75, 3.05) is 6.54 Å². The minimum absolute atomic E-state index is 0.0856. The van der Waals surface area contributed by atoms with Crippen molar-refractivity contribution in [2.45, 2.75) is 5.92 Å². The number of benzene rings is 2. The second kappa shape index (κ2) is 5.54. The molecule has 1 nitrogen and oxygen atoms in total. The first-order valence-corrected chi connectivity index (χ1v) is 6.18. The van der Waals surface area contributed by atoms with Gasteiger partial charge in [0.15, 0.2) is 0 Å². The monoisotopic (exact) mass is 265 g/mol. The summed E-state index contributed by atoms with van der Waals surface area (Å²) in [4.78, 5) is 0. The highest BCUT2D eigenvalue weighted by Crippen LogP contribution is 2.33. The molecule has 2 aromatic carbocycles. The number of hydrogen-bond acceptors (Lipinski definition) is 1. The summed E-state index contributed by atoms with van der Waals surface area (Å²) < 4.78 is 0. The summed E-state index contributed by atoms with van der Waals surface area (Å²) in [5.41, 5.74) is 7.99. The second-order valence-corrected chi connectivity index (χ2v) is 4.63. The number of hydrogen-bond donors (Lipinski definition) is 1. The van der Waals surface area contributed by atoms with Crippen molar-refractivity contribution in [1.29, 1.82) is 0 Å². The predicted molar refractivity (Wildman–Crippen MR) is 73.8 cm³/mol. The molecule has 88 valence electrons. The molecule has 2 aromatic rings. The Hall–Kier alpha value is -1.02. The fraction of sp³-hybridized carbons (Fsp3) is 0.143. The molecule has 0 aliphatic carbocycles. The number of rotatable bonds is 3. The SMILES string of the molecule is NCC(c1ccccc1)c1cccc(Cl)c1Cl. The molecule has 2 N–H and O–H groups in total. The van der Waals surface area contributed by atoms with Gasteiger partial charge in [0.05, 0.1) is 10.0 Å². The van der Waals surface area contributed by atoms with Crippen LogP contribution in [0.4, 0.5) is 0 Å². The highest BCUT2D eigenvalue weighted by molar-refractivity contribution is 6.42. The molecule has 0 spiro atoms. The molecule has 0 amide bonds. The first-order valence-electron chi connectivity index (χ1n) is 5.43. The van der Waals surface area contributed by atoms with E-state index in [1.165, 1.54) is 0 Å². The van der Waals surface area contributed by atoms with Crippen LogP contribution in [0.1, 0.15) is 17.0 Å². The highest BCUT2D eigenvalue weighted by Gasteiger charge is 2.16. The zero-order valence-corrected chi connectivity index (χ0v) is 10.7. The Bertz CT molecular complexity index is 497. The van der Waals surface area contributed by atoms with Gasteiger partial charge in [0.2, 0.25) is 0 Å². The quantitative estimate of drug-likeness (QED) is 0.889. The van der Waals surface area contributed by atoms with Crippen LogP contribution in [0.15, 0.2) is 48.5 Å². The molecular weight excluding hydrogens is 253 g/mol. The Balaban J connectivity index is 2.46. The van der Waals surface area contributed by atoms with Crippen molar-refractivity contribution in [1.82, 2.24) is 0 Å². The van der Waals surface area contributed by atoms with E-state index in [9.17, 15) is 0 Å². The Morgan fingerprint density at radius 1 is 0.941 bits per heavy atom. The molecule has 17 heavy (non-hydrogen) atoms. The van der Waals surface area contributed by atoms with Crippen LogP contribution < -0.4 is 5.73 Å². The van der Waals surface area contributed by atoms with E-state index >= 15 is 0 Å². The van der Waals surface area contributed by atoms with E-state index in [1.54, 1.807) is 6.07 Å². The van der Waals surface area contributed by atoms with Crippen LogP contribution in [0.5, 0.6) is 0 Å². The topological polar surface area (TPSA) is 26.0 Å². The lowest BCUT2D eigenvalue weighted by atomic mass is 9.91. The van der Waals surface area contributed by atoms with E-state index in [1.807, 2.05) is 30.3 Å². The van der Waals surface area contributed by atoms with Gasteiger partial charge in [0, 0.05) is 12.5 Å². The molecule has 0 heterocycles. The first-order chi connectivity index (χ1) is 8.24. The zero-order chi connectivity index (χ0) is 12.3. The van der Waals surface area contributed by atoms with Crippen LogP contribution in [0, 0.1) is 0 Å². The Morgan fingerprint density at radius 2 is 1.65 bits per heavy atom. The molecule has 0 aliphatic heterocycles. The third-order valence-electron chi connectivity index (χ3n) is 2.79. The fourth-order valence-electron chi connectivity index (χ4n) is 1.92. The zero-order valence-electron chi connectivity index (χ0n) is 9.24. The molecule has 0 aliphatic rings. The molecule has 0 fully saturated rings. The lowest BCUT2D eigenvalue weighted by Gasteiger charge is -2.17. The van der Waals surface area contributed by atoms with Crippen molar-refractivity contribution in [2.24, 2.45) is 5.73 Å². The molecule has 0 radical (unpaired) electrons. The minimum atomic E-state index is 0.0856. The summed E-state index contributed by atoms with van der Waals surface area (Å²) in [6.07, 6.45) is 0. The molecule has 2 rings (SSSR count). The van der Waals surface area contributed by atoms with E-state index in [-0.39, 0.29) is 5.92 Å². The molecule has 3 heteroatoms. The van der Waals surface area contributed by atoms with Crippen molar-refractivity contribution >= 4 is 23.2 Å².